The Balaban J connectivity index is 0.000000312. The Morgan fingerprint density at radius 3 is 2.58 bits per heavy atom. The van der Waals surface area contributed by atoms with Gasteiger partial charge in [0.1, 0.15) is 6.33 Å². The van der Waals surface area contributed by atoms with Crippen molar-refractivity contribution >= 4 is 11.9 Å². The van der Waals surface area contributed by atoms with Crippen LogP contribution in [-0.4, -0.2) is 38.3 Å². The van der Waals surface area contributed by atoms with Crippen LogP contribution < -0.4 is 10.6 Å². The van der Waals surface area contributed by atoms with Gasteiger partial charge in [0.2, 0.25) is 0 Å². The fourth-order valence-corrected chi connectivity index (χ4v) is 0.933. The van der Waals surface area contributed by atoms with Crippen molar-refractivity contribution in [2.75, 3.05) is 6.54 Å². The second-order valence-electron chi connectivity index (χ2n) is 3.14. The fraction of sp³-hybridized carbons (Fsp3) is 0.0909. The molecule has 0 aliphatic heterocycles. The number of nitrogens with two attached hydrogens (primary N) is 1. The summed E-state index contributed by atoms with van der Waals surface area (Å²) in [6.07, 6.45) is 7.49. The van der Waals surface area contributed by atoms with E-state index in [4.69, 9.17) is 9.94 Å². The second kappa shape index (κ2) is 7.56. The molecule has 0 bridgehead atoms. The van der Waals surface area contributed by atoms with Crippen molar-refractivity contribution in [1.29, 1.82) is 0 Å². The molecule has 100 valence electrons. The van der Waals surface area contributed by atoms with E-state index >= 15 is 0 Å². The first-order valence-corrected chi connectivity index (χ1v) is 5.16. The summed E-state index contributed by atoms with van der Waals surface area (Å²) >= 11 is 0. The number of pyridine rings is 1. The molecule has 0 amide bonds. The maximum absolute atomic E-state index is 11.4. The SMILES string of the molecule is NCC(=O)O.O=C(On1ccnc1)c1cccnc1. The minimum atomic E-state index is -0.968. The van der Waals surface area contributed by atoms with E-state index in [9.17, 15) is 9.59 Å². The molecule has 2 rings (SSSR count). The lowest BCUT2D eigenvalue weighted by atomic mass is 10.3. The van der Waals surface area contributed by atoms with Gasteiger partial charge < -0.3 is 15.7 Å². The van der Waals surface area contributed by atoms with Gasteiger partial charge in [0.05, 0.1) is 18.3 Å². The van der Waals surface area contributed by atoms with E-state index in [1.54, 1.807) is 18.3 Å². The average molecular weight is 264 g/mol. The highest BCUT2D eigenvalue weighted by Gasteiger charge is 2.07. The van der Waals surface area contributed by atoms with Gasteiger partial charge in [-0.3, -0.25) is 9.78 Å². The number of hydrogen-bond acceptors (Lipinski definition) is 6. The van der Waals surface area contributed by atoms with Crippen LogP contribution in [0.2, 0.25) is 0 Å². The summed E-state index contributed by atoms with van der Waals surface area (Å²) in [6, 6.07) is 3.30. The molecule has 0 spiro atoms. The minimum absolute atomic E-state index is 0.278. The number of carbonyl (C=O) groups excluding carboxylic acids is 1. The maximum atomic E-state index is 11.4. The highest BCUT2D eigenvalue weighted by Crippen LogP contribution is 1.96. The van der Waals surface area contributed by atoms with E-state index in [1.807, 2.05) is 0 Å². The van der Waals surface area contributed by atoms with E-state index < -0.39 is 11.9 Å². The highest BCUT2D eigenvalue weighted by molar-refractivity contribution is 5.89. The van der Waals surface area contributed by atoms with Crippen LogP contribution in [0.25, 0.3) is 0 Å². The van der Waals surface area contributed by atoms with E-state index in [0.717, 1.165) is 0 Å². The van der Waals surface area contributed by atoms with Gasteiger partial charge in [-0.15, -0.1) is 0 Å². The molecule has 2 aromatic heterocycles. The number of imidazole rings is 1. The topological polar surface area (TPSA) is 120 Å². The summed E-state index contributed by atoms with van der Waals surface area (Å²) in [5.41, 5.74) is 4.98. The summed E-state index contributed by atoms with van der Waals surface area (Å²) in [6.45, 7) is -0.278. The van der Waals surface area contributed by atoms with E-state index in [-0.39, 0.29) is 6.54 Å². The second-order valence-corrected chi connectivity index (χ2v) is 3.14. The first-order chi connectivity index (χ1) is 9.13. The van der Waals surface area contributed by atoms with Gasteiger partial charge in [-0.25, -0.2) is 9.78 Å². The first kappa shape index (κ1) is 14.3. The Hall–Kier alpha value is -2.74. The van der Waals surface area contributed by atoms with E-state index in [2.05, 4.69) is 15.7 Å². The largest absolute Gasteiger partial charge is 0.480 e. The molecule has 19 heavy (non-hydrogen) atoms. The standard InChI is InChI=1S/C9H7N3O2.C2H5NO2/c13-9(8-2-1-3-10-6-8)14-12-5-4-11-7-12;3-1-2(4)5/h1-7H;1,3H2,(H,4,5). The monoisotopic (exact) mass is 264 g/mol. The number of carboxylic acids is 1. The van der Waals surface area contributed by atoms with Crippen molar-refractivity contribution in [2.45, 2.75) is 0 Å². The van der Waals surface area contributed by atoms with Crippen LogP contribution >= 0.6 is 0 Å². The van der Waals surface area contributed by atoms with Crippen LogP contribution in [-0.2, 0) is 4.79 Å². The Morgan fingerprint density at radius 2 is 2.11 bits per heavy atom. The van der Waals surface area contributed by atoms with Crippen LogP contribution in [0, 0.1) is 0 Å². The highest BCUT2D eigenvalue weighted by atomic mass is 16.7. The third kappa shape index (κ3) is 5.41. The molecule has 8 heteroatoms. The Morgan fingerprint density at radius 1 is 1.37 bits per heavy atom. The zero-order chi connectivity index (χ0) is 14.1. The lowest BCUT2D eigenvalue weighted by molar-refractivity contribution is -0.135. The number of rotatable bonds is 3. The molecule has 2 aromatic rings. The zero-order valence-corrected chi connectivity index (χ0v) is 9.84. The van der Waals surface area contributed by atoms with E-state index in [0.29, 0.717) is 5.56 Å². The number of nitrogens with zero attached hydrogens (tertiary/aromatic N) is 3. The molecule has 0 aliphatic rings. The molecule has 0 aliphatic carbocycles. The summed E-state index contributed by atoms with van der Waals surface area (Å²) in [4.78, 5) is 33.1. The number of carbonyl (C=O) groups is 2. The van der Waals surface area contributed by atoms with Crippen LogP contribution in [0.3, 0.4) is 0 Å². The van der Waals surface area contributed by atoms with Gasteiger partial charge in [0.15, 0.2) is 0 Å². The smallest absolute Gasteiger partial charge is 0.365 e. The molecule has 0 atom stereocenters. The van der Waals surface area contributed by atoms with Gasteiger partial charge in [-0.05, 0) is 12.1 Å². The van der Waals surface area contributed by atoms with Crippen LogP contribution in [0.5, 0.6) is 0 Å². The number of hydrogen-bond donors (Lipinski definition) is 2. The molecule has 0 saturated heterocycles. The third-order valence-corrected chi connectivity index (χ3v) is 1.74. The summed E-state index contributed by atoms with van der Waals surface area (Å²) in [5.74, 6) is -1.43. The molecule has 2 heterocycles. The molecule has 0 saturated carbocycles. The van der Waals surface area contributed by atoms with Crippen LogP contribution in [0.1, 0.15) is 10.4 Å². The third-order valence-electron chi connectivity index (χ3n) is 1.74. The molecule has 8 nitrogen and oxygen atoms in total. The maximum Gasteiger partial charge on any atom is 0.365 e. The van der Waals surface area contributed by atoms with Gasteiger partial charge in [-0.1, -0.05) is 0 Å². The van der Waals surface area contributed by atoms with Crippen molar-refractivity contribution in [1.82, 2.24) is 14.7 Å². The predicted octanol–water partition coefficient (Wildman–Crippen LogP) is -0.423. The summed E-state index contributed by atoms with van der Waals surface area (Å²) in [7, 11) is 0. The van der Waals surface area contributed by atoms with E-state index in [1.165, 1.54) is 29.6 Å². The van der Waals surface area contributed by atoms with Crippen molar-refractivity contribution in [3.05, 3.63) is 48.8 Å². The molecular weight excluding hydrogens is 252 g/mol. The normalized spacial score (nSPS) is 9.11. The quantitative estimate of drug-likeness (QED) is 0.772. The number of aromatic nitrogens is 3. The van der Waals surface area contributed by atoms with Gasteiger partial charge in [0, 0.05) is 18.6 Å². The van der Waals surface area contributed by atoms with Crippen LogP contribution in [0.4, 0.5) is 0 Å². The van der Waals surface area contributed by atoms with Gasteiger partial charge >= 0.3 is 11.9 Å². The summed E-state index contributed by atoms with van der Waals surface area (Å²) in [5, 5.41) is 7.60. The lowest BCUT2D eigenvalue weighted by Crippen LogP contribution is -2.18. The zero-order valence-electron chi connectivity index (χ0n) is 9.84. The molecule has 0 fully saturated rings. The Bertz CT molecular complexity index is 513. The Kier molecular flexibility index (Phi) is 5.70. The molecule has 0 radical (unpaired) electrons. The number of carboxylic acid groups (broad SMARTS) is 1. The molecule has 0 unspecified atom stereocenters. The number of aliphatic carboxylic acids is 1. The van der Waals surface area contributed by atoms with Gasteiger partial charge in [-0.2, -0.15) is 4.73 Å². The molecule has 3 N–H and O–H groups in total. The summed E-state index contributed by atoms with van der Waals surface area (Å²) < 4.78 is 1.23. The average Bonchev–Trinajstić information content (AvgIpc) is 2.93. The van der Waals surface area contributed by atoms with Crippen LogP contribution in [0.15, 0.2) is 43.2 Å². The van der Waals surface area contributed by atoms with Gasteiger partial charge in [0.25, 0.3) is 0 Å². The fourth-order valence-electron chi connectivity index (χ4n) is 0.933. The van der Waals surface area contributed by atoms with Crippen molar-refractivity contribution in [3.8, 4) is 0 Å². The molecule has 0 aromatic carbocycles. The lowest BCUT2D eigenvalue weighted by Gasteiger charge is -2.01. The first-order valence-electron chi connectivity index (χ1n) is 5.16. The Labute approximate surface area is 108 Å². The minimum Gasteiger partial charge on any atom is -0.480 e. The predicted molar refractivity (Wildman–Crippen MR) is 64.1 cm³/mol. The van der Waals surface area contributed by atoms with Crippen molar-refractivity contribution in [3.63, 3.8) is 0 Å². The van der Waals surface area contributed by atoms with Crippen molar-refractivity contribution < 1.29 is 19.5 Å². The van der Waals surface area contributed by atoms with Crippen molar-refractivity contribution in [2.24, 2.45) is 5.73 Å². The molecular formula is C11H12N4O4.